The maximum Gasteiger partial charge on any atom is 0.407 e. The number of carbonyl (C=O) groups is 2. The number of hydrogen-bond donors (Lipinski definition) is 3. The van der Waals surface area contributed by atoms with E-state index in [4.69, 9.17) is 5.10 Å². The van der Waals surface area contributed by atoms with Crippen LogP contribution >= 0.6 is 0 Å². The lowest BCUT2D eigenvalue weighted by atomic mass is 9.85. The Morgan fingerprint density at radius 3 is 2.47 bits per heavy atom. The number of aryl methyl sites for hydroxylation is 1. The zero-order valence-corrected chi connectivity index (χ0v) is 20.7. The number of aromatic amines is 1. The van der Waals surface area contributed by atoms with E-state index in [-0.39, 0.29) is 17.0 Å². The number of piperidine rings is 1. The number of likely N-dealkylation sites (tertiary alicyclic amines) is 2. The number of benzene rings is 1. The van der Waals surface area contributed by atoms with Crippen molar-refractivity contribution < 1.29 is 14.7 Å². The van der Waals surface area contributed by atoms with Gasteiger partial charge in [0.05, 0.1) is 11.1 Å². The van der Waals surface area contributed by atoms with Crippen LogP contribution in [0.3, 0.4) is 0 Å². The summed E-state index contributed by atoms with van der Waals surface area (Å²) in [5.41, 5.74) is 2.37. The highest BCUT2D eigenvalue weighted by molar-refractivity contribution is 5.97. The van der Waals surface area contributed by atoms with Crippen molar-refractivity contribution in [3.8, 4) is 0 Å². The number of H-pyrrole nitrogens is 1. The lowest BCUT2D eigenvalue weighted by Gasteiger charge is -2.41. The monoisotopic (exact) mass is 492 g/mol. The van der Waals surface area contributed by atoms with Gasteiger partial charge in [0.25, 0.3) is 11.5 Å². The Hall–Kier alpha value is -3.82. The Kier molecular flexibility index (Phi) is 6.19. The normalized spacial score (nSPS) is 17.5. The van der Waals surface area contributed by atoms with Crippen molar-refractivity contribution in [2.24, 2.45) is 0 Å². The topological polar surface area (TPSA) is 124 Å². The van der Waals surface area contributed by atoms with Crippen LogP contribution in [0.25, 0.3) is 10.9 Å². The molecule has 10 nitrogen and oxygen atoms in total. The number of amides is 2. The van der Waals surface area contributed by atoms with Gasteiger partial charge in [-0.05, 0) is 68.9 Å². The van der Waals surface area contributed by atoms with Crippen molar-refractivity contribution >= 4 is 34.4 Å². The zero-order chi connectivity index (χ0) is 25.4. The number of nitrogens with zero attached hydrogens (tertiary/aromatic N) is 4. The number of carboxylic acid groups (broad SMARTS) is 1. The molecule has 2 aromatic heterocycles. The summed E-state index contributed by atoms with van der Waals surface area (Å²) in [4.78, 5) is 43.3. The Morgan fingerprint density at radius 2 is 1.83 bits per heavy atom. The van der Waals surface area contributed by atoms with Gasteiger partial charge in [0.2, 0.25) is 0 Å². The minimum absolute atomic E-state index is 0.0558. The molecule has 5 rings (SSSR count). The van der Waals surface area contributed by atoms with Crippen LogP contribution in [0.1, 0.15) is 54.9 Å². The maximum atomic E-state index is 12.9. The maximum absolute atomic E-state index is 12.9. The highest BCUT2D eigenvalue weighted by atomic mass is 16.4. The Morgan fingerprint density at radius 1 is 1.11 bits per heavy atom. The summed E-state index contributed by atoms with van der Waals surface area (Å²) < 4.78 is 1.91. The molecule has 1 aromatic carbocycles. The van der Waals surface area contributed by atoms with Crippen molar-refractivity contribution in [3.63, 3.8) is 0 Å². The first kappa shape index (κ1) is 23.9. The van der Waals surface area contributed by atoms with Gasteiger partial charge in [-0.2, -0.15) is 5.10 Å². The first-order valence-corrected chi connectivity index (χ1v) is 12.6. The SMILES string of the molecule is CCC1(n2nc(Nc3ccc(C(=O)N4CCCC4)c(C)c3)c3c(=O)[nH]ccc32)CCN(C(=O)O)CC1. The van der Waals surface area contributed by atoms with Crippen molar-refractivity contribution in [1.29, 1.82) is 0 Å². The van der Waals surface area contributed by atoms with Crippen LogP contribution in [0.2, 0.25) is 0 Å². The van der Waals surface area contributed by atoms with E-state index >= 15 is 0 Å². The lowest BCUT2D eigenvalue weighted by Crippen LogP contribution is -2.47. The van der Waals surface area contributed by atoms with Gasteiger partial charge in [-0.3, -0.25) is 14.3 Å². The first-order chi connectivity index (χ1) is 17.3. The molecule has 190 valence electrons. The van der Waals surface area contributed by atoms with E-state index in [1.165, 1.54) is 4.90 Å². The van der Waals surface area contributed by atoms with Gasteiger partial charge in [-0.15, -0.1) is 0 Å². The summed E-state index contributed by atoms with van der Waals surface area (Å²) in [7, 11) is 0. The fourth-order valence-corrected chi connectivity index (χ4v) is 5.56. The quantitative estimate of drug-likeness (QED) is 0.496. The number of hydrogen-bond acceptors (Lipinski definition) is 5. The summed E-state index contributed by atoms with van der Waals surface area (Å²) in [5.74, 6) is 0.499. The standard InChI is InChI=1S/C26H32N6O4/c1-3-26(9-14-31(15-10-26)25(35)36)32-20-8-11-27-23(33)21(20)22(29-32)28-18-6-7-19(17(2)16-18)24(34)30-12-4-5-13-30/h6-8,11,16H,3-5,9-10,12-15H2,1-2H3,(H,27,33)(H,28,29)(H,35,36). The predicted octanol–water partition coefficient (Wildman–Crippen LogP) is 3.89. The molecule has 0 aliphatic carbocycles. The largest absolute Gasteiger partial charge is 0.465 e. The van der Waals surface area contributed by atoms with Crippen LogP contribution in [0.4, 0.5) is 16.3 Å². The van der Waals surface area contributed by atoms with E-state index in [1.54, 1.807) is 6.20 Å². The molecule has 3 aromatic rings. The molecule has 0 radical (unpaired) electrons. The average Bonchev–Trinajstić information content (AvgIpc) is 3.53. The number of aromatic nitrogens is 3. The number of nitrogens with one attached hydrogen (secondary N) is 2. The molecule has 0 saturated carbocycles. The van der Waals surface area contributed by atoms with Gasteiger partial charge in [-0.1, -0.05) is 6.92 Å². The van der Waals surface area contributed by atoms with Gasteiger partial charge in [0, 0.05) is 43.6 Å². The summed E-state index contributed by atoms with van der Waals surface area (Å²) in [6.07, 6.45) is 4.79. The molecule has 2 amide bonds. The van der Waals surface area contributed by atoms with Crippen LogP contribution < -0.4 is 10.9 Å². The van der Waals surface area contributed by atoms with Crippen molar-refractivity contribution in [3.05, 3.63) is 51.9 Å². The van der Waals surface area contributed by atoms with E-state index in [9.17, 15) is 19.5 Å². The predicted molar refractivity (Wildman–Crippen MR) is 137 cm³/mol. The number of rotatable bonds is 5. The molecule has 3 N–H and O–H groups in total. The van der Waals surface area contributed by atoms with E-state index in [1.807, 2.05) is 40.8 Å². The van der Waals surface area contributed by atoms with Crippen molar-refractivity contribution in [1.82, 2.24) is 24.6 Å². The van der Waals surface area contributed by atoms with E-state index in [2.05, 4.69) is 17.2 Å². The van der Waals surface area contributed by atoms with E-state index < -0.39 is 6.09 Å². The average molecular weight is 493 g/mol. The second kappa shape index (κ2) is 9.33. The highest BCUT2D eigenvalue weighted by Gasteiger charge is 2.38. The van der Waals surface area contributed by atoms with Crippen LogP contribution in [0.5, 0.6) is 0 Å². The minimum atomic E-state index is -0.911. The summed E-state index contributed by atoms with van der Waals surface area (Å²) in [5, 5.41) is 18.0. The smallest absolute Gasteiger partial charge is 0.407 e. The van der Waals surface area contributed by atoms with Crippen molar-refractivity contribution in [2.45, 2.75) is 51.5 Å². The number of fused-ring (bicyclic) bond motifs is 1. The number of pyridine rings is 1. The Bertz CT molecular complexity index is 1360. The molecule has 2 aliphatic heterocycles. The summed E-state index contributed by atoms with van der Waals surface area (Å²) >= 11 is 0. The molecule has 10 heteroatoms. The van der Waals surface area contributed by atoms with Crippen molar-refractivity contribution in [2.75, 3.05) is 31.5 Å². The molecular weight excluding hydrogens is 460 g/mol. The fraction of sp³-hybridized carbons (Fsp3) is 0.462. The van der Waals surface area contributed by atoms with E-state index in [0.717, 1.165) is 43.6 Å². The Labute approximate surface area is 208 Å². The van der Waals surface area contributed by atoms with Gasteiger partial charge < -0.3 is 25.2 Å². The third kappa shape index (κ3) is 4.10. The molecular formula is C26H32N6O4. The lowest BCUT2D eigenvalue weighted by molar-refractivity contribution is 0.0791. The van der Waals surface area contributed by atoms with Crippen LogP contribution in [0, 0.1) is 6.92 Å². The van der Waals surface area contributed by atoms with Gasteiger partial charge in [0.1, 0.15) is 5.39 Å². The van der Waals surface area contributed by atoms with E-state index in [0.29, 0.717) is 48.2 Å². The summed E-state index contributed by atoms with van der Waals surface area (Å²) in [6.45, 7) is 6.43. The van der Waals surface area contributed by atoms with Crippen LogP contribution in [-0.2, 0) is 5.54 Å². The molecule has 2 saturated heterocycles. The first-order valence-electron chi connectivity index (χ1n) is 12.6. The molecule has 0 atom stereocenters. The van der Waals surface area contributed by atoms with Gasteiger partial charge >= 0.3 is 6.09 Å². The van der Waals surface area contributed by atoms with Gasteiger partial charge in [-0.25, -0.2) is 4.79 Å². The van der Waals surface area contributed by atoms with Crippen LogP contribution in [-0.4, -0.2) is 67.9 Å². The number of anilines is 2. The van der Waals surface area contributed by atoms with Gasteiger partial charge in [0.15, 0.2) is 5.82 Å². The minimum Gasteiger partial charge on any atom is -0.465 e. The molecule has 2 aliphatic rings. The third-order valence-electron chi connectivity index (χ3n) is 7.79. The molecule has 2 fully saturated rings. The molecule has 4 heterocycles. The van der Waals surface area contributed by atoms with Crippen LogP contribution in [0.15, 0.2) is 35.3 Å². The molecule has 0 unspecified atom stereocenters. The Balaban J connectivity index is 1.49. The molecule has 0 spiro atoms. The molecule has 36 heavy (non-hydrogen) atoms. The second-order valence-corrected chi connectivity index (χ2v) is 9.83. The second-order valence-electron chi connectivity index (χ2n) is 9.83. The third-order valence-corrected chi connectivity index (χ3v) is 7.79. The highest BCUT2D eigenvalue weighted by Crippen LogP contribution is 2.37. The fourth-order valence-electron chi connectivity index (χ4n) is 5.56. The summed E-state index contributed by atoms with van der Waals surface area (Å²) in [6, 6.07) is 7.43. The number of carbonyl (C=O) groups excluding carboxylic acids is 1. The zero-order valence-electron chi connectivity index (χ0n) is 20.7. The molecule has 0 bridgehead atoms.